The van der Waals surface area contributed by atoms with Gasteiger partial charge < -0.3 is 14.8 Å². The predicted molar refractivity (Wildman–Crippen MR) is 83.6 cm³/mol. The Morgan fingerprint density at radius 1 is 1.12 bits per heavy atom. The van der Waals surface area contributed by atoms with Crippen molar-refractivity contribution in [2.45, 2.75) is 6.61 Å². The highest BCUT2D eigenvalue weighted by atomic mass is 35.5. The molecule has 1 N–H and O–H groups in total. The number of carbonyl (C=O) groups is 1. The minimum atomic E-state index is -3.00. The molecule has 24 heavy (non-hydrogen) atoms. The summed E-state index contributed by atoms with van der Waals surface area (Å²) in [7, 11) is 0. The van der Waals surface area contributed by atoms with E-state index >= 15 is 0 Å². The zero-order valence-electron chi connectivity index (χ0n) is 11.9. The van der Waals surface area contributed by atoms with Crippen LogP contribution in [0.4, 0.5) is 18.9 Å². The Labute approximate surface area is 145 Å². The summed E-state index contributed by atoms with van der Waals surface area (Å²) < 4.78 is 46.6. The monoisotopic (exact) mass is 379 g/mol. The lowest BCUT2D eigenvalue weighted by atomic mass is 10.3. The summed E-state index contributed by atoms with van der Waals surface area (Å²) in [5.74, 6) is -1.12. The van der Waals surface area contributed by atoms with Gasteiger partial charge in [-0.2, -0.15) is 8.78 Å². The number of hydrogen-bond acceptors (Lipinski definition) is 3. The first-order valence-corrected chi connectivity index (χ1v) is 7.23. The van der Waals surface area contributed by atoms with Gasteiger partial charge in [-0.05, 0) is 30.3 Å². The van der Waals surface area contributed by atoms with Gasteiger partial charge in [-0.1, -0.05) is 23.2 Å². The Bertz CT molecular complexity index is 744. The quantitative estimate of drug-likeness (QED) is 0.787. The van der Waals surface area contributed by atoms with Gasteiger partial charge in [0.2, 0.25) is 0 Å². The SMILES string of the molecule is O=C(COc1ccc(F)c(Cl)c1)Nc1ccc(OC(F)F)c(Cl)c1. The first-order chi connectivity index (χ1) is 11.3. The Kier molecular flexibility index (Phi) is 6.16. The lowest BCUT2D eigenvalue weighted by molar-refractivity contribution is -0.118. The fourth-order valence-corrected chi connectivity index (χ4v) is 2.08. The third kappa shape index (κ3) is 5.21. The van der Waals surface area contributed by atoms with E-state index in [1.807, 2.05) is 0 Å². The van der Waals surface area contributed by atoms with Crippen LogP contribution in [0.5, 0.6) is 11.5 Å². The molecule has 0 aliphatic carbocycles. The fourth-order valence-electron chi connectivity index (χ4n) is 1.68. The predicted octanol–water partition coefficient (Wildman–Crippen LogP) is 4.75. The molecule has 0 fully saturated rings. The summed E-state index contributed by atoms with van der Waals surface area (Å²) in [6.45, 7) is -3.37. The van der Waals surface area contributed by atoms with E-state index in [1.165, 1.54) is 30.3 Å². The number of carbonyl (C=O) groups excluding carboxylic acids is 1. The molecule has 0 unspecified atom stereocenters. The maximum atomic E-state index is 13.0. The van der Waals surface area contributed by atoms with Gasteiger partial charge in [0.25, 0.3) is 5.91 Å². The number of benzene rings is 2. The van der Waals surface area contributed by atoms with Crippen molar-refractivity contribution in [1.29, 1.82) is 0 Å². The molecular formula is C15H10Cl2F3NO3. The van der Waals surface area contributed by atoms with E-state index in [0.717, 1.165) is 6.07 Å². The Morgan fingerprint density at radius 2 is 1.88 bits per heavy atom. The molecule has 128 valence electrons. The van der Waals surface area contributed by atoms with Gasteiger partial charge in [0.1, 0.15) is 17.3 Å². The molecule has 0 radical (unpaired) electrons. The molecule has 1 amide bonds. The van der Waals surface area contributed by atoms with E-state index in [9.17, 15) is 18.0 Å². The van der Waals surface area contributed by atoms with Crippen molar-refractivity contribution in [3.8, 4) is 11.5 Å². The second kappa shape index (κ2) is 8.12. The average Bonchev–Trinajstić information content (AvgIpc) is 2.51. The van der Waals surface area contributed by atoms with Crippen molar-refractivity contribution in [2.24, 2.45) is 0 Å². The molecule has 0 bridgehead atoms. The van der Waals surface area contributed by atoms with Crippen LogP contribution in [0.2, 0.25) is 10.0 Å². The highest BCUT2D eigenvalue weighted by Gasteiger charge is 2.11. The molecule has 0 spiro atoms. The molecule has 0 saturated heterocycles. The van der Waals surface area contributed by atoms with E-state index in [4.69, 9.17) is 27.9 Å². The second-order valence-electron chi connectivity index (χ2n) is 4.44. The number of nitrogens with one attached hydrogen (secondary N) is 1. The smallest absolute Gasteiger partial charge is 0.387 e. The molecule has 0 atom stereocenters. The van der Waals surface area contributed by atoms with Gasteiger partial charge in [0.15, 0.2) is 6.61 Å². The Balaban J connectivity index is 1.92. The summed E-state index contributed by atoms with van der Waals surface area (Å²) in [6.07, 6.45) is 0. The normalized spacial score (nSPS) is 10.6. The van der Waals surface area contributed by atoms with Crippen molar-refractivity contribution >= 4 is 34.8 Å². The Morgan fingerprint density at radius 3 is 2.50 bits per heavy atom. The van der Waals surface area contributed by atoms with E-state index in [0.29, 0.717) is 0 Å². The van der Waals surface area contributed by atoms with Gasteiger partial charge in [-0.3, -0.25) is 4.79 Å². The molecule has 2 rings (SSSR count). The van der Waals surface area contributed by atoms with Crippen LogP contribution in [0.3, 0.4) is 0 Å². The number of ether oxygens (including phenoxy) is 2. The first-order valence-electron chi connectivity index (χ1n) is 6.47. The number of anilines is 1. The molecular weight excluding hydrogens is 370 g/mol. The molecule has 0 aliphatic heterocycles. The van der Waals surface area contributed by atoms with Crippen LogP contribution in [-0.4, -0.2) is 19.1 Å². The molecule has 0 aromatic heterocycles. The number of hydrogen-bond donors (Lipinski definition) is 1. The largest absolute Gasteiger partial charge is 0.484 e. The molecule has 0 heterocycles. The fraction of sp³-hybridized carbons (Fsp3) is 0.133. The summed E-state index contributed by atoms with van der Waals surface area (Å²) in [6, 6.07) is 7.46. The van der Waals surface area contributed by atoms with Crippen LogP contribution in [0.25, 0.3) is 0 Å². The van der Waals surface area contributed by atoms with Crippen LogP contribution >= 0.6 is 23.2 Å². The van der Waals surface area contributed by atoms with Gasteiger partial charge >= 0.3 is 6.61 Å². The third-order valence-corrected chi connectivity index (χ3v) is 3.28. The van der Waals surface area contributed by atoms with Crippen LogP contribution in [0.1, 0.15) is 0 Å². The highest BCUT2D eigenvalue weighted by molar-refractivity contribution is 6.32. The Hall–Kier alpha value is -2.12. The molecule has 2 aromatic carbocycles. The van der Waals surface area contributed by atoms with E-state index < -0.39 is 18.3 Å². The van der Waals surface area contributed by atoms with Gasteiger partial charge in [0, 0.05) is 11.8 Å². The van der Waals surface area contributed by atoms with Crippen molar-refractivity contribution in [2.75, 3.05) is 11.9 Å². The third-order valence-electron chi connectivity index (χ3n) is 2.69. The van der Waals surface area contributed by atoms with Crippen LogP contribution in [-0.2, 0) is 4.79 Å². The number of rotatable bonds is 6. The van der Waals surface area contributed by atoms with Gasteiger partial charge in [-0.15, -0.1) is 0 Å². The summed E-state index contributed by atoms with van der Waals surface area (Å²) in [5, 5.41) is 2.25. The van der Waals surface area contributed by atoms with E-state index in [1.54, 1.807) is 0 Å². The number of amides is 1. The zero-order valence-corrected chi connectivity index (χ0v) is 13.4. The minimum Gasteiger partial charge on any atom is -0.484 e. The van der Waals surface area contributed by atoms with Gasteiger partial charge in [-0.25, -0.2) is 4.39 Å². The standard InChI is InChI=1S/C15H10Cl2F3NO3/c16-10-6-9(2-3-12(10)18)23-7-14(22)21-8-1-4-13(11(17)5-8)24-15(19)20/h1-6,15H,7H2,(H,21,22). The summed E-state index contributed by atoms with van der Waals surface area (Å²) >= 11 is 11.4. The highest BCUT2D eigenvalue weighted by Crippen LogP contribution is 2.29. The molecule has 2 aromatic rings. The topological polar surface area (TPSA) is 47.6 Å². The van der Waals surface area contributed by atoms with Crippen molar-refractivity contribution in [3.63, 3.8) is 0 Å². The molecule has 4 nitrogen and oxygen atoms in total. The second-order valence-corrected chi connectivity index (χ2v) is 5.25. The maximum absolute atomic E-state index is 13.0. The molecule has 0 saturated carbocycles. The van der Waals surface area contributed by atoms with E-state index in [2.05, 4.69) is 10.1 Å². The minimum absolute atomic E-state index is 0.0839. The van der Waals surface area contributed by atoms with Crippen molar-refractivity contribution < 1.29 is 27.4 Å². The molecule has 0 aliphatic rings. The molecule has 9 heteroatoms. The van der Waals surface area contributed by atoms with Crippen LogP contribution < -0.4 is 14.8 Å². The lowest BCUT2D eigenvalue weighted by Gasteiger charge is -2.10. The van der Waals surface area contributed by atoms with Crippen LogP contribution in [0, 0.1) is 5.82 Å². The van der Waals surface area contributed by atoms with Crippen LogP contribution in [0.15, 0.2) is 36.4 Å². The first kappa shape index (κ1) is 18.2. The zero-order chi connectivity index (χ0) is 17.7. The summed E-state index contributed by atoms with van der Waals surface area (Å²) in [5.41, 5.74) is 0.271. The van der Waals surface area contributed by atoms with Gasteiger partial charge in [0.05, 0.1) is 10.0 Å². The maximum Gasteiger partial charge on any atom is 0.387 e. The van der Waals surface area contributed by atoms with Crippen molar-refractivity contribution in [3.05, 3.63) is 52.3 Å². The average molecular weight is 380 g/mol. The number of halogens is 5. The lowest BCUT2D eigenvalue weighted by Crippen LogP contribution is -2.20. The van der Waals surface area contributed by atoms with Crippen molar-refractivity contribution in [1.82, 2.24) is 0 Å². The number of alkyl halides is 2. The summed E-state index contributed by atoms with van der Waals surface area (Å²) in [4.78, 5) is 11.8. The van der Waals surface area contributed by atoms with E-state index in [-0.39, 0.29) is 33.8 Å².